The summed E-state index contributed by atoms with van der Waals surface area (Å²) in [5.41, 5.74) is 2.39. The van der Waals surface area contributed by atoms with E-state index in [1.54, 1.807) is 36.5 Å². The highest BCUT2D eigenvalue weighted by Crippen LogP contribution is 2.28. The van der Waals surface area contributed by atoms with Crippen LogP contribution in [-0.4, -0.2) is 54.2 Å². The molecule has 0 amide bonds. The van der Waals surface area contributed by atoms with Crippen LogP contribution in [0.2, 0.25) is 5.02 Å². The number of ether oxygens (including phenoxy) is 2. The summed E-state index contributed by atoms with van der Waals surface area (Å²) >= 11 is 6.07. The van der Waals surface area contributed by atoms with E-state index in [0.29, 0.717) is 16.3 Å². The van der Waals surface area contributed by atoms with Crippen LogP contribution in [0.4, 0.5) is 11.4 Å². The smallest absolute Gasteiger partial charge is 0.344 e. The van der Waals surface area contributed by atoms with Gasteiger partial charge in [-0.25, -0.2) is 9.59 Å². The van der Waals surface area contributed by atoms with E-state index in [1.807, 2.05) is 18.2 Å². The minimum Gasteiger partial charge on any atom is -0.460 e. The third-order valence-electron chi connectivity index (χ3n) is 5.72. The fourth-order valence-electron chi connectivity index (χ4n) is 3.91. The first-order valence-corrected chi connectivity index (χ1v) is 11.4. The summed E-state index contributed by atoms with van der Waals surface area (Å²) in [7, 11) is 0. The van der Waals surface area contributed by atoms with E-state index in [1.165, 1.54) is 0 Å². The molecule has 0 atom stereocenters. The van der Waals surface area contributed by atoms with E-state index in [9.17, 15) is 9.59 Å². The average Bonchev–Trinajstić information content (AvgIpc) is 2.83. The molecular weight excluding hydrogens is 442 g/mol. The van der Waals surface area contributed by atoms with Crippen LogP contribution in [0.5, 0.6) is 0 Å². The molecule has 1 fully saturated rings. The number of nitrogens with one attached hydrogen (secondary N) is 1. The maximum atomic E-state index is 12.7. The zero-order valence-electron chi connectivity index (χ0n) is 18.4. The molecule has 1 aliphatic heterocycles. The first-order valence-electron chi connectivity index (χ1n) is 11.0. The van der Waals surface area contributed by atoms with E-state index in [4.69, 9.17) is 21.1 Å². The molecule has 0 aliphatic carbocycles. The van der Waals surface area contributed by atoms with Crippen molar-refractivity contribution in [2.24, 2.45) is 0 Å². The molecule has 0 bridgehead atoms. The molecule has 2 heterocycles. The van der Waals surface area contributed by atoms with Gasteiger partial charge in [-0.1, -0.05) is 30.7 Å². The van der Waals surface area contributed by atoms with Crippen molar-refractivity contribution in [3.8, 4) is 0 Å². The summed E-state index contributed by atoms with van der Waals surface area (Å²) in [5, 5.41) is 4.73. The van der Waals surface area contributed by atoms with Gasteiger partial charge in [0, 0.05) is 35.4 Å². The maximum Gasteiger partial charge on any atom is 0.344 e. The highest BCUT2D eigenvalue weighted by atomic mass is 35.5. The fourth-order valence-corrected chi connectivity index (χ4v) is 4.08. The number of carbonyl (C=O) groups is 2. The van der Waals surface area contributed by atoms with Crippen molar-refractivity contribution in [2.45, 2.75) is 25.9 Å². The third-order valence-corrected chi connectivity index (χ3v) is 5.96. The lowest BCUT2D eigenvalue weighted by Crippen LogP contribution is -2.38. The van der Waals surface area contributed by atoms with Gasteiger partial charge in [-0.2, -0.15) is 0 Å². The highest BCUT2D eigenvalue weighted by Gasteiger charge is 2.22. The van der Waals surface area contributed by atoms with Gasteiger partial charge in [0.15, 0.2) is 6.61 Å². The van der Waals surface area contributed by atoms with Crippen LogP contribution in [0, 0.1) is 0 Å². The number of likely N-dealkylation sites (tertiary alicyclic amines) is 1. The second-order valence-corrected chi connectivity index (χ2v) is 8.33. The number of nitrogens with zero attached hydrogens (tertiary/aromatic N) is 2. The van der Waals surface area contributed by atoms with Crippen molar-refractivity contribution in [1.82, 2.24) is 9.88 Å². The molecular formula is C25H26ClN3O4. The van der Waals surface area contributed by atoms with Crippen molar-refractivity contribution >= 4 is 45.8 Å². The molecule has 3 aromatic rings. The Morgan fingerprint density at radius 2 is 1.91 bits per heavy atom. The normalized spacial score (nSPS) is 14.7. The molecule has 172 valence electrons. The quantitative estimate of drug-likeness (QED) is 0.499. The van der Waals surface area contributed by atoms with Gasteiger partial charge in [0.05, 0.1) is 16.8 Å². The fraction of sp³-hybridized carbons (Fsp3) is 0.320. The molecule has 7 nitrogen and oxygen atoms in total. The van der Waals surface area contributed by atoms with Crippen molar-refractivity contribution in [3.05, 3.63) is 65.3 Å². The SMILES string of the molecule is CCN1CCC(OC(=O)COC(=O)c2ccccc2Nc2ccnc3cc(Cl)ccc23)CC1. The van der Waals surface area contributed by atoms with E-state index in [-0.39, 0.29) is 6.10 Å². The molecule has 0 unspecified atom stereocenters. The standard InChI is InChI=1S/C25H26ClN3O4/c1-2-29-13-10-18(11-14-29)33-24(30)16-32-25(31)20-5-3-4-6-21(20)28-22-9-12-27-23-15-17(26)7-8-19(22)23/h3-9,12,15,18H,2,10-11,13-14,16H2,1H3,(H,27,28). The Morgan fingerprint density at radius 3 is 2.70 bits per heavy atom. The molecule has 0 spiro atoms. The second kappa shape index (κ2) is 10.6. The topological polar surface area (TPSA) is 80.8 Å². The van der Waals surface area contributed by atoms with E-state index in [0.717, 1.165) is 49.1 Å². The average molecular weight is 468 g/mol. The molecule has 33 heavy (non-hydrogen) atoms. The van der Waals surface area contributed by atoms with Gasteiger partial charge in [-0.05, 0) is 55.8 Å². The Morgan fingerprint density at radius 1 is 1.12 bits per heavy atom. The van der Waals surface area contributed by atoms with Gasteiger partial charge < -0.3 is 19.7 Å². The maximum absolute atomic E-state index is 12.7. The van der Waals surface area contributed by atoms with Gasteiger partial charge in [-0.15, -0.1) is 0 Å². The number of hydrogen-bond donors (Lipinski definition) is 1. The number of para-hydroxylation sites is 1. The van der Waals surface area contributed by atoms with Crippen LogP contribution in [0.25, 0.3) is 10.9 Å². The second-order valence-electron chi connectivity index (χ2n) is 7.89. The van der Waals surface area contributed by atoms with Gasteiger partial charge in [-0.3, -0.25) is 4.98 Å². The molecule has 4 rings (SSSR count). The lowest BCUT2D eigenvalue weighted by molar-refractivity contribution is -0.154. The molecule has 1 N–H and O–H groups in total. The lowest BCUT2D eigenvalue weighted by Gasteiger charge is -2.30. The molecule has 1 aromatic heterocycles. The zero-order chi connectivity index (χ0) is 23.2. The number of anilines is 2. The van der Waals surface area contributed by atoms with E-state index >= 15 is 0 Å². The Hall–Kier alpha value is -3.16. The highest BCUT2D eigenvalue weighted by molar-refractivity contribution is 6.31. The van der Waals surface area contributed by atoms with Gasteiger partial charge in [0.25, 0.3) is 0 Å². The minimum atomic E-state index is -0.600. The summed E-state index contributed by atoms with van der Waals surface area (Å²) < 4.78 is 10.7. The third kappa shape index (κ3) is 5.80. The van der Waals surface area contributed by atoms with Crippen molar-refractivity contribution < 1.29 is 19.1 Å². The molecule has 2 aromatic carbocycles. The zero-order valence-corrected chi connectivity index (χ0v) is 19.2. The van der Waals surface area contributed by atoms with Crippen LogP contribution < -0.4 is 5.32 Å². The molecule has 0 saturated carbocycles. The van der Waals surface area contributed by atoms with Gasteiger partial charge in [0.2, 0.25) is 0 Å². The number of benzene rings is 2. The Labute approximate surface area is 197 Å². The van der Waals surface area contributed by atoms with Crippen LogP contribution in [-0.2, 0) is 14.3 Å². The number of pyridine rings is 1. The Kier molecular flexibility index (Phi) is 7.42. The predicted molar refractivity (Wildman–Crippen MR) is 128 cm³/mol. The molecule has 8 heteroatoms. The van der Waals surface area contributed by atoms with Gasteiger partial charge >= 0.3 is 11.9 Å². The van der Waals surface area contributed by atoms with Crippen LogP contribution >= 0.6 is 11.6 Å². The number of fused-ring (bicyclic) bond motifs is 1. The first kappa shape index (κ1) is 23.0. The number of rotatable bonds is 7. The van der Waals surface area contributed by atoms with Crippen LogP contribution in [0.15, 0.2) is 54.7 Å². The summed E-state index contributed by atoms with van der Waals surface area (Å²) in [6, 6.07) is 14.2. The van der Waals surface area contributed by atoms with E-state index < -0.39 is 18.5 Å². The Balaban J connectivity index is 1.39. The number of hydrogen-bond acceptors (Lipinski definition) is 7. The monoisotopic (exact) mass is 467 g/mol. The first-order chi connectivity index (χ1) is 16.0. The number of halogens is 1. The number of aromatic nitrogens is 1. The summed E-state index contributed by atoms with van der Waals surface area (Å²) in [6.45, 7) is 4.50. The van der Waals surface area contributed by atoms with Crippen molar-refractivity contribution in [2.75, 3.05) is 31.6 Å². The molecule has 0 radical (unpaired) electrons. The molecule has 1 aliphatic rings. The Bertz CT molecular complexity index is 1150. The van der Waals surface area contributed by atoms with Crippen LogP contribution in [0.3, 0.4) is 0 Å². The molecule has 1 saturated heterocycles. The van der Waals surface area contributed by atoms with Crippen LogP contribution in [0.1, 0.15) is 30.1 Å². The largest absolute Gasteiger partial charge is 0.460 e. The minimum absolute atomic E-state index is 0.124. The van der Waals surface area contributed by atoms with Gasteiger partial charge in [0.1, 0.15) is 6.10 Å². The summed E-state index contributed by atoms with van der Waals surface area (Å²) in [4.78, 5) is 31.6. The summed E-state index contributed by atoms with van der Waals surface area (Å²) in [6.07, 6.45) is 3.14. The number of piperidine rings is 1. The van der Waals surface area contributed by atoms with E-state index in [2.05, 4.69) is 22.1 Å². The number of carbonyl (C=O) groups excluding carboxylic acids is 2. The lowest BCUT2D eigenvalue weighted by atomic mass is 10.1. The van der Waals surface area contributed by atoms with Crippen molar-refractivity contribution in [1.29, 1.82) is 0 Å². The van der Waals surface area contributed by atoms with Crippen molar-refractivity contribution in [3.63, 3.8) is 0 Å². The number of esters is 2. The predicted octanol–water partition coefficient (Wildman–Crippen LogP) is 4.82. The summed E-state index contributed by atoms with van der Waals surface area (Å²) in [5.74, 6) is -1.13.